The molecule has 0 heterocycles. The van der Waals surface area contributed by atoms with Crippen molar-refractivity contribution in [1.82, 2.24) is 5.43 Å². The fraction of sp³-hybridized carbons (Fsp3) is 0.500. The van der Waals surface area contributed by atoms with Gasteiger partial charge in [-0.1, -0.05) is 50.4 Å². The fourth-order valence-electron chi connectivity index (χ4n) is 2.00. The van der Waals surface area contributed by atoms with Crippen molar-refractivity contribution in [1.29, 1.82) is 0 Å². The van der Waals surface area contributed by atoms with Gasteiger partial charge in [0.15, 0.2) is 0 Å². The molecule has 16 heavy (non-hydrogen) atoms. The van der Waals surface area contributed by atoms with E-state index < -0.39 is 5.82 Å². The molecule has 90 valence electrons. The smallest absolute Gasteiger partial charge is 0.142 e. The highest BCUT2D eigenvalue weighted by Gasteiger charge is 2.22. The number of hydrogen-bond acceptors (Lipinski definition) is 2. The molecule has 0 bridgehead atoms. The Morgan fingerprint density at radius 2 is 2.00 bits per heavy atom. The van der Waals surface area contributed by atoms with Gasteiger partial charge in [-0.3, -0.25) is 11.3 Å². The van der Waals surface area contributed by atoms with Crippen molar-refractivity contribution in [2.75, 3.05) is 0 Å². The summed E-state index contributed by atoms with van der Waals surface area (Å²) in [4.78, 5) is 0. The molecule has 0 aliphatic rings. The van der Waals surface area contributed by atoms with Crippen LogP contribution < -0.4 is 11.3 Å². The minimum Gasteiger partial charge on any atom is -0.271 e. The summed E-state index contributed by atoms with van der Waals surface area (Å²) in [6.07, 6.45) is 1.94. The zero-order valence-electron chi connectivity index (χ0n) is 9.63. The summed E-state index contributed by atoms with van der Waals surface area (Å²) in [5.41, 5.74) is 3.47. The van der Waals surface area contributed by atoms with Gasteiger partial charge in [0.25, 0.3) is 0 Å². The first-order valence-electron chi connectivity index (χ1n) is 5.55. The summed E-state index contributed by atoms with van der Waals surface area (Å²) in [5.74, 6) is 5.50. The van der Waals surface area contributed by atoms with Gasteiger partial charge in [0.2, 0.25) is 0 Å². The standard InChI is InChI=1S/C12H18ClFN2/c1-3-8(4-2)12(16-15)9-6-5-7-10(14)11(9)13/h5-8,12,16H,3-4,15H2,1-2H3. The summed E-state index contributed by atoms with van der Waals surface area (Å²) in [6.45, 7) is 4.18. The Balaban J connectivity index is 3.07. The number of halogens is 2. The SMILES string of the molecule is CCC(CC)C(NN)c1cccc(F)c1Cl. The van der Waals surface area contributed by atoms with Crippen molar-refractivity contribution >= 4 is 11.6 Å². The van der Waals surface area contributed by atoms with Crippen LogP contribution in [0.3, 0.4) is 0 Å². The van der Waals surface area contributed by atoms with Crippen LogP contribution in [0.15, 0.2) is 18.2 Å². The number of nitrogens with two attached hydrogens (primary N) is 1. The minimum absolute atomic E-state index is 0.0989. The highest BCUT2D eigenvalue weighted by Crippen LogP contribution is 2.32. The molecule has 1 rings (SSSR count). The van der Waals surface area contributed by atoms with Crippen LogP contribution in [-0.4, -0.2) is 0 Å². The Kier molecular flexibility index (Phi) is 5.19. The zero-order chi connectivity index (χ0) is 12.1. The lowest BCUT2D eigenvalue weighted by molar-refractivity contribution is 0.344. The fourth-order valence-corrected chi connectivity index (χ4v) is 2.24. The second-order valence-corrected chi connectivity index (χ2v) is 4.24. The molecule has 4 heteroatoms. The largest absolute Gasteiger partial charge is 0.271 e. The molecule has 0 saturated heterocycles. The third-order valence-electron chi connectivity index (χ3n) is 3.02. The summed E-state index contributed by atoms with van der Waals surface area (Å²) in [7, 11) is 0. The normalized spacial score (nSPS) is 13.1. The van der Waals surface area contributed by atoms with Gasteiger partial charge in [-0.15, -0.1) is 0 Å². The maximum absolute atomic E-state index is 13.3. The molecule has 0 aliphatic carbocycles. The predicted octanol–water partition coefficient (Wildman–Crippen LogP) is 3.42. The summed E-state index contributed by atoms with van der Waals surface area (Å²) >= 11 is 5.95. The summed E-state index contributed by atoms with van der Waals surface area (Å²) < 4.78 is 13.3. The molecule has 3 N–H and O–H groups in total. The van der Waals surface area contributed by atoms with Gasteiger partial charge in [-0.2, -0.15) is 0 Å². The Hall–Kier alpha value is -0.640. The molecule has 1 unspecified atom stereocenters. The monoisotopic (exact) mass is 244 g/mol. The molecular weight excluding hydrogens is 227 g/mol. The third kappa shape index (κ3) is 2.73. The highest BCUT2D eigenvalue weighted by molar-refractivity contribution is 6.31. The average Bonchev–Trinajstić information content (AvgIpc) is 2.30. The van der Waals surface area contributed by atoms with E-state index in [4.69, 9.17) is 17.4 Å². The van der Waals surface area contributed by atoms with Crippen LogP contribution >= 0.6 is 11.6 Å². The van der Waals surface area contributed by atoms with Gasteiger partial charge in [0.05, 0.1) is 11.1 Å². The lowest BCUT2D eigenvalue weighted by Crippen LogP contribution is -2.33. The number of rotatable bonds is 5. The maximum Gasteiger partial charge on any atom is 0.142 e. The first-order valence-corrected chi connectivity index (χ1v) is 5.93. The zero-order valence-corrected chi connectivity index (χ0v) is 10.4. The van der Waals surface area contributed by atoms with Gasteiger partial charge >= 0.3 is 0 Å². The number of hydrazine groups is 1. The summed E-state index contributed by atoms with van der Waals surface area (Å²) in [6, 6.07) is 4.72. The second-order valence-electron chi connectivity index (χ2n) is 3.86. The number of benzene rings is 1. The molecule has 0 radical (unpaired) electrons. The molecule has 0 fully saturated rings. The first-order chi connectivity index (χ1) is 7.65. The van der Waals surface area contributed by atoms with Gasteiger partial charge in [0, 0.05) is 0 Å². The van der Waals surface area contributed by atoms with Gasteiger partial charge in [-0.25, -0.2) is 4.39 Å². The van der Waals surface area contributed by atoms with Crippen LogP contribution in [0.4, 0.5) is 4.39 Å². The van der Waals surface area contributed by atoms with E-state index >= 15 is 0 Å². The van der Waals surface area contributed by atoms with Gasteiger partial charge in [0.1, 0.15) is 5.82 Å². The van der Waals surface area contributed by atoms with Crippen molar-refractivity contribution in [3.63, 3.8) is 0 Å². The van der Waals surface area contributed by atoms with Crippen LogP contribution in [0.5, 0.6) is 0 Å². The van der Waals surface area contributed by atoms with Crippen LogP contribution in [-0.2, 0) is 0 Å². The highest BCUT2D eigenvalue weighted by atomic mass is 35.5. The van der Waals surface area contributed by atoms with Crippen LogP contribution in [0.2, 0.25) is 5.02 Å². The molecule has 1 atom stereocenters. The van der Waals surface area contributed by atoms with E-state index in [1.165, 1.54) is 6.07 Å². The Morgan fingerprint density at radius 1 is 1.38 bits per heavy atom. The van der Waals surface area contributed by atoms with E-state index in [1.807, 2.05) is 6.07 Å². The Bertz CT molecular complexity index is 340. The van der Waals surface area contributed by atoms with Crippen LogP contribution in [0.1, 0.15) is 38.3 Å². The molecule has 1 aromatic rings. The van der Waals surface area contributed by atoms with E-state index in [0.29, 0.717) is 5.92 Å². The number of hydrogen-bond donors (Lipinski definition) is 2. The Labute approximate surface area is 101 Å². The van der Waals surface area contributed by atoms with E-state index in [2.05, 4.69) is 19.3 Å². The molecule has 0 saturated carbocycles. The first kappa shape index (κ1) is 13.4. The van der Waals surface area contributed by atoms with Crippen molar-refractivity contribution in [3.05, 3.63) is 34.6 Å². The van der Waals surface area contributed by atoms with Crippen molar-refractivity contribution in [2.24, 2.45) is 11.8 Å². The number of nitrogens with one attached hydrogen (secondary N) is 1. The van der Waals surface area contributed by atoms with Crippen molar-refractivity contribution in [2.45, 2.75) is 32.7 Å². The van der Waals surface area contributed by atoms with E-state index in [1.54, 1.807) is 6.07 Å². The molecule has 0 aliphatic heterocycles. The van der Waals surface area contributed by atoms with Crippen LogP contribution in [0, 0.1) is 11.7 Å². The van der Waals surface area contributed by atoms with Crippen LogP contribution in [0.25, 0.3) is 0 Å². The molecular formula is C12H18ClFN2. The predicted molar refractivity (Wildman–Crippen MR) is 65.5 cm³/mol. The quantitative estimate of drug-likeness (QED) is 0.615. The molecule has 2 nitrogen and oxygen atoms in total. The lowest BCUT2D eigenvalue weighted by atomic mass is 9.89. The van der Waals surface area contributed by atoms with E-state index in [0.717, 1.165) is 18.4 Å². The van der Waals surface area contributed by atoms with Gasteiger partial charge < -0.3 is 0 Å². The third-order valence-corrected chi connectivity index (χ3v) is 3.41. The van der Waals surface area contributed by atoms with Gasteiger partial charge in [-0.05, 0) is 17.5 Å². The van der Waals surface area contributed by atoms with Crippen molar-refractivity contribution < 1.29 is 4.39 Å². The minimum atomic E-state index is -0.398. The Morgan fingerprint density at radius 3 is 2.50 bits per heavy atom. The molecule has 0 amide bonds. The second kappa shape index (κ2) is 6.18. The summed E-state index contributed by atoms with van der Waals surface area (Å²) in [5, 5.41) is 0.164. The topological polar surface area (TPSA) is 38.0 Å². The van der Waals surface area contributed by atoms with Crippen molar-refractivity contribution in [3.8, 4) is 0 Å². The molecule has 0 aromatic heterocycles. The van der Waals surface area contributed by atoms with E-state index in [9.17, 15) is 4.39 Å². The molecule has 1 aromatic carbocycles. The molecule has 0 spiro atoms. The average molecular weight is 245 g/mol. The maximum atomic E-state index is 13.3. The lowest BCUT2D eigenvalue weighted by Gasteiger charge is -2.25. The van der Waals surface area contributed by atoms with E-state index in [-0.39, 0.29) is 11.1 Å².